The first kappa shape index (κ1) is 19.4. The third-order valence-electron chi connectivity index (χ3n) is 3.79. The average Bonchev–Trinajstić information content (AvgIpc) is 2.63. The molecule has 26 heavy (non-hydrogen) atoms. The van der Waals surface area contributed by atoms with Crippen LogP contribution in [0.4, 0.5) is 0 Å². The van der Waals surface area contributed by atoms with Gasteiger partial charge in [0.25, 0.3) is 11.8 Å². The molecule has 0 radical (unpaired) electrons. The fourth-order valence-corrected chi connectivity index (χ4v) is 2.28. The van der Waals surface area contributed by atoms with E-state index in [2.05, 4.69) is 34.3 Å². The van der Waals surface area contributed by atoms with E-state index in [1.807, 2.05) is 0 Å². The van der Waals surface area contributed by atoms with Crippen LogP contribution in [0, 0.1) is 23.7 Å². The number of rotatable bonds is 5. The van der Waals surface area contributed by atoms with Gasteiger partial charge >= 0.3 is 0 Å². The van der Waals surface area contributed by atoms with E-state index >= 15 is 0 Å². The van der Waals surface area contributed by atoms with Gasteiger partial charge in [0, 0.05) is 30.6 Å². The zero-order chi connectivity index (χ0) is 19.0. The first-order chi connectivity index (χ1) is 12.5. The van der Waals surface area contributed by atoms with Gasteiger partial charge in [0.05, 0.1) is 6.61 Å². The summed E-state index contributed by atoms with van der Waals surface area (Å²) < 4.78 is 0. The lowest BCUT2D eigenvalue weighted by Gasteiger charge is -2.42. The second-order valence-corrected chi connectivity index (χ2v) is 5.69. The minimum atomic E-state index is -1.46. The van der Waals surface area contributed by atoms with Crippen LogP contribution in [0.15, 0.2) is 24.3 Å². The predicted molar refractivity (Wildman–Crippen MR) is 91.8 cm³/mol. The van der Waals surface area contributed by atoms with E-state index in [1.165, 1.54) is 17.6 Å². The number of β-amino-alcohol motifs (C(OH)–C–C–N with tert-alkyl or cyclic N) is 1. The number of hydrogen-bond acceptors (Lipinski definition) is 6. The minimum Gasteiger partial charge on any atom is -0.395 e. The van der Waals surface area contributed by atoms with Crippen LogP contribution in [0.25, 0.3) is 0 Å². The van der Waals surface area contributed by atoms with Gasteiger partial charge in [-0.3, -0.25) is 14.8 Å². The second kappa shape index (κ2) is 8.99. The van der Waals surface area contributed by atoms with Gasteiger partial charge in [0.2, 0.25) is 0 Å². The molecule has 8 heteroatoms. The number of benzene rings is 1. The molecule has 1 heterocycles. The zero-order valence-electron chi connectivity index (χ0n) is 13.9. The van der Waals surface area contributed by atoms with Crippen LogP contribution < -0.4 is 16.1 Å². The molecule has 136 valence electrons. The van der Waals surface area contributed by atoms with Gasteiger partial charge in [-0.2, -0.15) is 0 Å². The van der Waals surface area contributed by atoms with Gasteiger partial charge in [-0.05, 0) is 36.1 Å². The topological polar surface area (TPSA) is 131 Å². The molecular weight excluding hydrogens is 338 g/mol. The number of hydroxylamine groups is 1. The van der Waals surface area contributed by atoms with Crippen LogP contribution in [-0.4, -0.2) is 58.6 Å². The van der Waals surface area contributed by atoms with Crippen LogP contribution in [0.2, 0.25) is 0 Å². The summed E-state index contributed by atoms with van der Waals surface area (Å²) in [5, 5.41) is 32.9. The Morgan fingerprint density at radius 2 is 1.92 bits per heavy atom. The van der Waals surface area contributed by atoms with Crippen molar-refractivity contribution < 1.29 is 25.0 Å². The Bertz CT molecular complexity index is 779. The van der Waals surface area contributed by atoms with E-state index in [1.54, 1.807) is 12.1 Å². The number of carbonyl (C=O) groups is 2. The second-order valence-electron chi connectivity index (χ2n) is 5.69. The third-order valence-corrected chi connectivity index (χ3v) is 3.79. The Labute approximate surface area is 150 Å². The van der Waals surface area contributed by atoms with Gasteiger partial charge in [0.15, 0.2) is 0 Å². The van der Waals surface area contributed by atoms with E-state index in [0.717, 1.165) is 0 Å². The molecule has 0 aliphatic carbocycles. The van der Waals surface area contributed by atoms with E-state index in [-0.39, 0.29) is 25.3 Å². The molecule has 1 unspecified atom stereocenters. The van der Waals surface area contributed by atoms with Crippen LogP contribution in [-0.2, 0) is 4.79 Å². The molecular formula is C18H19N3O5. The lowest BCUT2D eigenvalue weighted by Crippen LogP contribution is -2.73. The number of carbonyl (C=O) groups excluding carboxylic acids is 2. The van der Waals surface area contributed by atoms with E-state index in [0.29, 0.717) is 12.0 Å². The molecule has 0 aromatic heterocycles. The number of aliphatic hydroxyl groups is 2. The Hall–Kier alpha value is -2.88. The van der Waals surface area contributed by atoms with Crippen LogP contribution in [0.1, 0.15) is 22.3 Å². The largest absolute Gasteiger partial charge is 0.395 e. The highest BCUT2D eigenvalue weighted by Gasteiger charge is 2.47. The maximum absolute atomic E-state index is 12.3. The van der Waals surface area contributed by atoms with Gasteiger partial charge < -0.3 is 20.8 Å². The first-order valence-corrected chi connectivity index (χ1v) is 7.88. The molecule has 8 nitrogen and oxygen atoms in total. The summed E-state index contributed by atoms with van der Waals surface area (Å²) in [4.78, 5) is 24.1. The van der Waals surface area contributed by atoms with Crippen molar-refractivity contribution in [2.75, 3.05) is 19.7 Å². The number of hydrogen-bond donors (Lipinski definition) is 6. The summed E-state index contributed by atoms with van der Waals surface area (Å²) in [6, 6.07) is 5.00. The lowest BCUT2D eigenvalue weighted by atomic mass is 9.87. The monoisotopic (exact) mass is 357 g/mol. The maximum Gasteiger partial charge on any atom is 0.269 e. The normalized spacial score (nSPS) is 15.2. The van der Waals surface area contributed by atoms with Gasteiger partial charge in [-0.25, -0.2) is 5.48 Å². The molecule has 1 aromatic carbocycles. The van der Waals surface area contributed by atoms with Gasteiger partial charge in [0.1, 0.15) is 11.6 Å². The molecule has 2 amide bonds. The number of nitrogens with one attached hydrogen (secondary N) is 3. The Morgan fingerprint density at radius 1 is 1.23 bits per heavy atom. The fraction of sp³-hybridized carbons (Fsp3) is 0.333. The fourth-order valence-electron chi connectivity index (χ4n) is 2.28. The molecule has 1 aliphatic heterocycles. The van der Waals surface area contributed by atoms with Crippen molar-refractivity contribution in [2.24, 2.45) is 0 Å². The molecule has 0 bridgehead atoms. The Kier molecular flexibility index (Phi) is 6.73. The van der Waals surface area contributed by atoms with E-state index < -0.39 is 23.5 Å². The van der Waals surface area contributed by atoms with Crippen molar-refractivity contribution >= 4 is 11.8 Å². The molecule has 1 fully saturated rings. The first-order valence-electron chi connectivity index (χ1n) is 7.88. The summed E-state index contributed by atoms with van der Waals surface area (Å²) in [7, 11) is 0. The number of aliphatic hydroxyl groups excluding tert-OH is 1. The third kappa shape index (κ3) is 4.82. The summed E-state index contributed by atoms with van der Waals surface area (Å²) >= 11 is 0. The van der Waals surface area contributed by atoms with Crippen molar-refractivity contribution in [3.05, 3.63) is 35.4 Å². The number of amides is 2. The van der Waals surface area contributed by atoms with Crippen molar-refractivity contribution in [3.8, 4) is 23.7 Å². The molecule has 6 N–H and O–H groups in total. The molecule has 1 aromatic rings. The van der Waals surface area contributed by atoms with Crippen molar-refractivity contribution in [1.82, 2.24) is 16.1 Å². The smallest absolute Gasteiger partial charge is 0.269 e. The predicted octanol–water partition coefficient (Wildman–Crippen LogP) is -1.64. The summed E-state index contributed by atoms with van der Waals surface area (Å²) in [6.07, 6.45) is 0.359. The summed E-state index contributed by atoms with van der Waals surface area (Å²) in [5.41, 5.74) is 0.914. The summed E-state index contributed by atoms with van der Waals surface area (Å²) in [6.45, 7) is 0.230. The molecule has 1 atom stereocenters. The van der Waals surface area contributed by atoms with Crippen molar-refractivity contribution in [1.29, 1.82) is 0 Å². The quantitative estimate of drug-likeness (QED) is 0.213. The maximum atomic E-state index is 12.3. The molecule has 1 saturated heterocycles. The summed E-state index contributed by atoms with van der Waals surface area (Å²) in [5.74, 6) is 9.23. The van der Waals surface area contributed by atoms with E-state index in [4.69, 9.17) is 10.3 Å². The standard InChI is InChI=1S/C18H19N3O5/c22-10-4-2-1-3-5-13-6-8-14(9-7-13)16(23)20-15(17(24)21-26)18(25)11-19-12-18/h6-9,15,19,22,25-26H,4,10-12H2,(H,20,23)(H,21,24). The van der Waals surface area contributed by atoms with Crippen molar-refractivity contribution in [3.63, 3.8) is 0 Å². The lowest BCUT2D eigenvalue weighted by molar-refractivity contribution is -0.141. The molecule has 1 aliphatic rings. The van der Waals surface area contributed by atoms with Crippen molar-refractivity contribution in [2.45, 2.75) is 18.1 Å². The highest BCUT2D eigenvalue weighted by molar-refractivity contribution is 5.98. The minimum absolute atomic E-state index is 0.0149. The van der Waals surface area contributed by atoms with E-state index in [9.17, 15) is 14.7 Å². The molecule has 2 rings (SSSR count). The van der Waals surface area contributed by atoms with Crippen LogP contribution in [0.3, 0.4) is 0 Å². The van der Waals surface area contributed by atoms with Gasteiger partial charge in [-0.15, -0.1) is 0 Å². The Morgan fingerprint density at radius 3 is 2.46 bits per heavy atom. The highest BCUT2D eigenvalue weighted by atomic mass is 16.5. The van der Waals surface area contributed by atoms with Crippen LogP contribution >= 0.6 is 0 Å². The Balaban J connectivity index is 2.05. The molecule has 0 saturated carbocycles. The average molecular weight is 357 g/mol. The SMILES string of the molecule is O=C(NC(C(=O)NO)C1(O)CNC1)c1ccc(C#CC#CCCO)cc1. The highest BCUT2D eigenvalue weighted by Crippen LogP contribution is 2.17. The van der Waals surface area contributed by atoms with Gasteiger partial charge in [-0.1, -0.05) is 11.8 Å². The zero-order valence-corrected chi connectivity index (χ0v) is 13.9. The molecule has 0 spiro atoms. The van der Waals surface area contributed by atoms with Crippen LogP contribution in [0.5, 0.6) is 0 Å².